The van der Waals surface area contributed by atoms with Crippen LogP contribution in [-0.4, -0.2) is 16.3 Å². The van der Waals surface area contributed by atoms with Crippen molar-refractivity contribution in [2.45, 2.75) is 40.7 Å². The van der Waals surface area contributed by atoms with E-state index in [2.05, 4.69) is 11.5 Å². The number of benzene rings is 1. The normalized spacial score (nSPS) is 11.1. The monoisotopic (exact) mass is 350 g/mol. The summed E-state index contributed by atoms with van der Waals surface area (Å²) in [6.45, 7) is 8.42. The number of ketones is 1. The second-order valence-corrected chi connectivity index (χ2v) is 6.12. The van der Waals surface area contributed by atoms with E-state index in [0.717, 1.165) is 29.9 Å². The molecule has 0 unspecified atom stereocenters. The summed E-state index contributed by atoms with van der Waals surface area (Å²) < 4.78 is 7.41. The third-order valence-corrected chi connectivity index (χ3v) is 4.17. The summed E-state index contributed by atoms with van der Waals surface area (Å²) >= 11 is 0. The van der Waals surface area contributed by atoms with E-state index in [4.69, 9.17) is 4.74 Å². The van der Waals surface area contributed by atoms with Crippen LogP contribution in [0.1, 0.15) is 47.6 Å². The number of nitriles is 1. The first-order chi connectivity index (χ1) is 12.4. The molecular weight excluding hydrogens is 328 g/mol. The van der Waals surface area contributed by atoms with Gasteiger partial charge in [0.15, 0.2) is 5.78 Å². The Kier molecular flexibility index (Phi) is 6.13. The highest BCUT2D eigenvalue weighted by Crippen LogP contribution is 2.20. The highest BCUT2D eigenvalue weighted by Gasteiger charge is 2.15. The smallest absolute Gasteiger partial charge is 0.354 e. The molecule has 0 aliphatic rings. The molecule has 5 heteroatoms. The van der Waals surface area contributed by atoms with E-state index >= 15 is 0 Å². The summed E-state index contributed by atoms with van der Waals surface area (Å²) in [7, 11) is 0. The Labute approximate surface area is 153 Å². The van der Waals surface area contributed by atoms with Crippen LogP contribution >= 0.6 is 0 Å². The molecule has 0 bridgehead atoms. The van der Waals surface area contributed by atoms with Crippen molar-refractivity contribution in [3.63, 3.8) is 0 Å². The van der Waals surface area contributed by atoms with Gasteiger partial charge in [0.25, 0.3) is 0 Å². The van der Waals surface area contributed by atoms with Gasteiger partial charge in [-0.05, 0) is 69.2 Å². The van der Waals surface area contributed by atoms with E-state index in [1.807, 2.05) is 26.0 Å². The van der Waals surface area contributed by atoms with Crippen LogP contribution in [0.5, 0.6) is 5.75 Å². The zero-order chi connectivity index (χ0) is 19.3. The SMILES string of the molecule is CCCn1c(C)cc(C=C(C#N)C(=O)Oc2ccc(C(C)=O)cc2)c1C. The number of hydrogen-bond acceptors (Lipinski definition) is 4. The molecule has 2 rings (SSSR count). The van der Waals surface area contributed by atoms with Crippen molar-refractivity contribution < 1.29 is 14.3 Å². The minimum atomic E-state index is -0.719. The lowest BCUT2D eigenvalue weighted by Gasteiger charge is -2.07. The van der Waals surface area contributed by atoms with Crippen LogP contribution in [0.15, 0.2) is 35.9 Å². The molecule has 0 atom stereocenters. The summed E-state index contributed by atoms with van der Waals surface area (Å²) in [6, 6.07) is 10.1. The largest absolute Gasteiger partial charge is 0.422 e. The molecule has 0 saturated heterocycles. The molecule has 0 aliphatic carbocycles. The maximum absolute atomic E-state index is 12.3. The van der Waals surface area contributed by atoms with Gasteiger partial charge < -0.3 is 9.30 Å². The lowest BCUT2D eigenvalue weighted by atomic mass is 10.1. The highest BCUT2D eigenvalue weighted by molar-refractivity contribution is 5.99. The van der Waals surface area contributed by atoms with Crippen molar-refractivity contribution in [3.8, 4) is 11.8 Å². The number of carbonyl (C=O) groups excluding carboxylic acids is 2. The van der Waals surface area contributed by atoms with Crippen molar-refractivity contribution in [1.82, 2.24) is 4.57 Å². The molecule has 0 amide bonds. The van der Waals surface area contributed by atoms with Crippen molar-refractivity contribution in [1.29, 1.82) is 5.26 Å². The van der Waals surface area contributed by atoms with Gasteiger partial charge in [-0.25, -0.2) is 4.79 Å². The Morgan fingerprint density at radius 2 is 1.88 bits per heavy atom. The summed E-state index contributed by atoms with van der Waals surface area (Å²) in [4.78, 5) is 23.6. The summed E-state index contributed by atoms with van der Waals surface area (Å²) in [5, 5.41) is 9.35. The molecule has 0 radical (unpaired) electrons. The average molecular weight is 350 g/mol. The minimum absolute atomic E-state index is 0.0667. The van der Waals surface area contributed by atoms with Crippen molar-refractivity contribution >= 4 is 17.8 Å². The standard InChI is InChI=1S/C21H22N2O3/c1-5-10-23-14(2)11-18(15(23)3)12-19(13-22)21(25)26-20-8-6-17(7-9-20)16(4)24/h6-9,11-12H,5,10H2,1-4H3. The molecule has 5 nitrogen and oxygen atoms in total. The third kappa shape index (κ3) is 4.28. The molecule has 0 saturated carbocycles. The number of esters is 1. The van der Waals surface area contributed by atoms with E-state index in [1.165, 1.54) is 19.1 Å². The number of ether oxygens (including phenoxy) is 1. The fraction of sp³-hybridized carbons (Fsp3) is 0.286. The van der Waals surface area contributed by atoms with Crippen molar-refractivity contribution in [2.75, 3.05) is 0 Å². The molecule has 0 N–H and O–H groups in total. The van der Waals surface area contributed by atoms with Crippen molar-refractivity contribution in [3.05, 3.63) is 58.4 Å². The van der Waals surface area contributed by atoms with E-state index in [-0.39, 0.29) is 17.1 Å². The first-order valence-corrected chi connectivity index (χ1v) is 8.49. The molecular formula is C21H22N2O3. The fourth-order valence-electron chi connectivity index (χ4n) is 2.75. The molecule has 0 aliphatic heterocycles. The van der Waals surface area contributed by atoms with Crippen LogP contribution in [0.2, 0.25) is 0 Å². The Morgan fingerprint density at radius 3 is 2.42 bits per heavy atom. The molecule has 1 aromatic carbocycles. The predicted molar refractivity (Wildman–Crippen MR) is 99.9 cm³/mol. The molecule has 26 heavy (non-hydrogen) atoms. The second kappa shape index (κ2) is 8.30. The lowest BCUT2D eigenvalue weighted by Crippen LogP contribution is -2.10. The zero-order valence-corrected chi connectivity index (χ0v) is 15.5. The number of nitrogens with zero attached hydrogens (tertiary/aromatic N) is 2. The molecule has 1 heterocycles. The van der Waals surface area contributed by atoms with Gasteiger partial charge in [-0.3, -0.25) is 4.79 Å². The number of Topliss-reactive ketones (excluding diaryl/α,β-unsaturated/α-hetero) is 1. The van der Waals surface area contributed by atoms with Gasteiger partial charge in [0.1, 0.15) is 17.4 Å². The molecule has 0 fully saturated rings. The van der Waals surface area contributed by atoms with Gasteiger partial charge in [0.2, 0.25) is 0 Å². The van der Waals surface area contributed by atoms with E-state index in [0.29, 0.717) is 5.56 Å². The second-order valence-electron chi connectivity index (χ2n) is 6.12. The molecule has 1 aromatic heterocycles. The Bertz CT molecular complexity index is 897. The Morgan fingerprint density at radius 1 is 1.23 bits per heavy atom. The van der Waals surface area contributed by atoms with Crippen LogP contribution in [-0.2, 0) is 11.3 Å². The van der Waals surface area contributed by atoms with Gasteiger partial charge in [0, 0.05) is 23.5 Å². The van der Waals surface area contributed by atoms with Crippen molar-refractivity contribution in [2.24, 2.45) is 0 Å². The van der Waals surface area contributed by atoms with Crippen LogP contribution in [0, 0.1) is 25.2 Å². The third-order valence-electron chi connectivity index (χ3n) is 4.17. The summed E-state index contributed by atoms with van der Waals surface area (Å²) in [6.07, 6.45) is 2.56. The first-order valence-electron chi connectivity index (χ1n) is 8.49. The van der Waals surface area contributed by atoms with Gasteiger partial charge >= 0.3 is 5.97 Å². The zero-order valence-electron chi connectivity index (χ0n) is 15.5. The lowest BCUT2D eigenvalue weighted by molar-refractivity contribution is -0.129. The van der Waals surface area contributed by atoms with E-state index in [9.17, 15) is 14.9 Å². The van der Waals surface area contributed by atoms with Crippen LogP contribution in [0.3, 0.4) is 0 Å². The molecule has 0 spiro atoms. The van der Waals surface area contributed by atoms with Crippen LogP contribution in [0.25, 0.3) is 6.08 Å². The van der Waals surface area contributed by atoms with Crippen LogP contribution in [0.4, 0.5) is 0 Å². The maximum Gasteiger partial charge on any atom is 0.354 e. The quantitative estimate of drug-likeness (QED) is 0.257. The number of hydrogen-bond donors (Lipinski definition) is 0. The van der Waals surface area contributed by atoms with Gasteiger partial charge in [-0.2, -0.15) is 5.26 Å². The predicted octanol–water partition coefficient (Wildman–Crippen LogP) is 4.23. The Hall–Kier alpha value is -3.13. The van der Waals surface area contributed by atoms with Gasteiger partial charge in [0.05, 0.1) is 0 Å². The number of aryl methyl sites for hydroxylation is 1. The average Bonchev–Trinajstić information content (AvgIpc) is 2.87. The summed E-state index contributed by atoms with van der Waals surface area (Å²) in [5.74, 6) is -0.496. The molecule has 2 aromatic rings. The maximum atomic E-state index is 12.3. The minimum Gasteiger partial charge on any atom is -0.422 e. The number of carbonyl (C=O) groups is 2. The van der Waals surface area contributed by atoms with E-state index in [1.54, 1.807) is 18.2 Å². The fourth-order valence-corrected chi connectivity index (χ4v) is 2.75. The van der Waals surface area contributed by atoms with Gasteiger partial charge in [-0.1, -0.05) is 6.92 Å². The Balaban J connectivity index is 2.23. The molecule has 134 valence electrons. The first kappa shape index (κ1) is 19.2. The number of rotatable bonds is 6. The van der Waals surface area contributed by atoms with E-state index < -0.39 is 5.97 Å². The highest BCUT2D eigenvalue weighted by atomic mass is 16.5. The van der Waals surface area contributed by atoms with Gasteiger partial charge in [-0.15, -0.1) is 0 Å². The number of aromatic nitrogens is 1. The van der Waals surface area contributed by atoms with Crippen LogP contribution < -0.4 is 4.74 Å². The summed E-state index contributed by atoms with van der Waals surface area (Å²) in [5.41, 5.74) is 3.38. The topological polar surface area (TPSA) is 72.1 Å².